The molecule has 2 saturated heterocycles. The number of hydrogen-bond donors (Lipinski definition) is 1. The molecule has 2 atom stereocenters. The molecule has 2 aliphatic rings. The van der Waals surface area contributed by atoms with Crippen molar-refractivity contribution in [2.45, 2.75) is 50.9 Å². The molecule has 116 valence electrons. The molecule has 3 nitrogen and oxygen atoms in total. The van der Waals surface area contributed by atoms with Gasteiger partial charge in [-0.05, 0) is 63.1 Å². The molecule has 4 heteroatoms. The van der Waals surface area contributed by atoms with E-state index in [1.54, 1.807) is 0 Å². The first-order valence-corrected chi connectivity index (χ1v) is 9.06. The third-order valence-electron chi connectivity index (χ3n) is 4.16. The van der Waals surface area contributed by atoms with Crippen molar-refractivity contribution < 1.29 is 9.47 Å². The lowest BCUT2D eigenvalue weighted by Crippen LogP contribution is -2.44. The molecule has 1 N–H and O–H groups in total. The average Bonchev–Trinajstić information content (AvgIpc) is 2.88. The number of hydrogen-bond acceptors (Lipinski definition) is 4. The van der Waals surface area contributed by atoms with Crippen molar-refractivity contribution in [3.8, 4) is 5.75 Å². The minimum Gasteiger partial charge on any atom is -0.491 e. The molecule has 0 saturated carbocycles. The molecule has 1 spiro atoms. The fourth-order valence-corrected chi connectivity index (χ4v) is 4.53. The summed E-state index contributed by atoms with van der Waals surface area (Å²) in [5.41, 5.74) is 1.32. The molecular formula is C17H25NO2S. The maximum absolute atomic E-state index is 6.08. The monoisotopic (exact) mass is 307 g/mol. The van der Waals surface area contributed by atoms with E-state index in [0.717, 1.165) is 31.0 Å². The molecular weight excluding hydrogens is 282 g/mol. The van der Waals surface area contributed by atoms with Crippen LogP contribution >= 0.6 is 11.8 Å². The van der Waals surface area contributed by atoms with Crippen LogP contribution in [0.3, 0.4) is 0 Å². The first kappa shape index (κ1) is 15.0. The van der Waals surface area contributed by atoms with Crippen LogP contribution in [0, 0.1) is 0 Å². The van der Waals surface area contributed by atoms with Gasteiger partial charge in [0.25, 0.3) is 0 Å². The Bertz CT molecular complexity index is 454. The summed E-state index contributed by atoms with van der Waals surface area (Å²) < 4.78 is 11.8. The summed E-state index contributed by atoms with van der Waals surface area (Å²) in [7, 11) is 0. The van der Waals surface area contributed by atoms with E-state index < -0.39 is 0 Å². The highest BCUT2D eigenvalue weighted by Gasteiger charge is 2.40. The van der Waals surface area contributed by atoms with Crippen molar-refractivity contribution in [2.24, 2.45) is 0 Å². The highest BCUT2D eigenvalue weighted by molar-refractivity contribution is 7.99. The molecule has 0 amide bonds. The van der Waals surface area contributed by atoms with Gasteiger partial charge < -0.3 is 14.8 Å². The predicted molar refractivity (Wildman–Crippen MR) is 89.5 cm³/mol. The van der Waals surface area contributed by atoms with E-state index >= 15 is 0 Å². The van der Waals surface area contributed by atoms with E-state index in [4.69, 9.17) is 9.47 Å². The van der Waals surface area contributed by atoms with Gasteiger partial charge in [-0.3, -0.25) is 0 Å². The van der Waals surface area contributed by atoms with Gasteiger partial charge in [0, 0.05) is 24.1 Å². The van der Waals surface area contributed by atoms with Crippen molar-refractivity contribution in [3.05, 3.63) is 24.3 Å². The molecule has 1 aromatic rings. The van der Waals surface area contributed by atoms with Crippen LogP contribution in [0.2, 0.25) is 0 Å². The zero-order chi connectivity index (χ0) is 14.7. The van der Waals surface area contributed by atoms with Crippen molar-refractivity contribution in [2.75, 3.05) is 23.4 Å². The third kappa shape index (κ3) is 3.86. The Hall–Kier alpha value is -0.870. The summed E-state index contributed by atoms with van der Waals surface area (Å²) in [6, 6.07) is 8.84. The van der Waals surface area contributed by atoms with Crippen LogP contribution in [0.5, 0.6) is 5.75 Å². The first-order chi connectivity index (χ1) is 10.2. The minimum atomic E-state index is 0.140. The van der Waals surface area contributed by atoms with E-state index in [1.807, 2.05) is 37.7 Å². The zero-order valence-corrected chi connectivity index (χ0v) is 13.7. The summed E-state index contributed by atoms with van der Waals surface area (Å²) in [4.78, 5) is 0. The van der Waals surface area contributed by atoms with Crippen LogP contribution in [0.4, 0.5) is 5.69 Å². The summed E-state index contributed by atoms with van der Waals surface area (Å²) in [6.45, 7) is 4.98. The van der Waals surface area contributed by atoms with E-state index in [0.29, 0.717) is 6.04 Å². The van der Waals surface area contributed by atoms with Gasteiger partial charge in [-0.15, -0.1) is 0 Å². The van der Waals surface area contributed by atoms with Gasteiger partial charge in [-0.1, -0.05) is 0 Å². The number of anilines is 1. The second-order valence-corrected chi connectivity index (χ2v) is 7.46. The Morgan fingerprint density at radius 1 is 1.33 bits per heavy atom. The highest BCUT2D eigenvalue weighted by atomic mass is 32.2. The normalized spacial score (nSPS) is 29.0. The van der Waals surface area contributed by atoms with Gasteiger partial charge in [0.2, 0.25) is 0 Å². The van der Waals surface area contributed by atoms with Gasteiger partial charge in [-0.25, -0.2) is 0 Å². The molecule has 2 fully saturated rings. The maximum atomic E-state index is 6.08. The second kappa shape index (κ2) is 6.49. The minimum absolute atomic E-state index is 0.140. The molecule has 2 unspecified atom stereocenters. The summed E-state index contributed by atoms with van der Waals surface area (Å²) in [5.74, 6) is 3.34. The van der Waals surface area contributed by atoms with Gasteiger partial charge in [0.05, 0.1) is 11.7 Å². The van der Waals surface area contributed by atoms with Gasteiger partial charge in [-0.2, -0.15) is 11.8 Å². The van der Waals surface area contributed by atoms with Crippen LogP contribution in [-0.4, -0.2) is 35.9 Å². The molecule has 2 aliphatic heterocycles. The van der Waals surface area contributed by atoms with Crippen LogP contribution in [0.25, 0.3) is 0 Å². The van der Waals surface area contributed by atoms with E-state index in [2.05, 4.69) is 17.4 Å². The Kier molecular flexibility index (Phi) is 4.65. The number of benzene rings is 1. The molecule has 21 heavy (non-hydrogen) atoms. The van der Waals surface area contributed by atoms with Gasteiger partial charge in [0.1, 0.15) is 5.75 Å². The molecule has 3 rings (SSSR count). The smallest absolute Gasteiger partial charge is 0.119 e. The Labute approximate surface area is 131 Å². The van der Waals surface area contributed by atoms with E-state index in [-0.39, 0.29) is 11.7 Å². The number of rotatable bonds is 4. The Balaban J connectivity index is 1.58. The summed E-state index contributed by atoms with van der Waals surface area (Å²) >= 11 is 2.03. The molecule has 0 aliphatic carbocycles. The van der Waals surface area contributed by atoms with Crippen LogP contribution in [-0.2, 0) is 4.74 Å². The largest absolute Gasteiger partial charge is 0.491 e. The predicted octanol–water partition coefficient (Wildman–Crippen LogP) is 3.94. The average molecular weight is 307 g/mol. The quantitative estimate of drug-likeness (QED) is 0.912. The first-order valence-electron chi connectivity index (χ1n) is 7.90. The number of nitrogens with one attached hydrogen (secondary N) is 1. The lowest BCUT2D eigenvalue weighted by atomic mass is 9.90. The Morgan fingerprint density at radius 2 is 2.14 bits per heavy atom. The summed E-state index contributed by atoms with van der Waals surface area (Å²) in [6.07, 6.45) is 3.65. The topological polar surface area (TPSA) is 30.5 Å². The SMILES string of the molecule is CC(C)Oc1ccc(NC2CCOC3(CCSC3)C2)cc1. The molecule has 0 bridgehead atoms. The summed E-state index contributed by atoms with van der Waals surface area (Å²) in [5, 5.41) is 3.67. The fourth-order valence-electron chi connectivity index (χ4n) is 3.15. The van der Waals surface area contributed by atoms with Gasteiger partial charge in [0.15, 0.2) is 0 Å². The number of ether oxygens (including phenoxy) is 2. The van der Waals surface area contributed by atoms with E-state index in [9.17, 15) is 0 Å². The second-order valence-electron chi connectivity index (χ2n) is 6.36. The van der Waals surface area contributed by atoms with Crippen molar-refractivity contribution in [1.82, 2.24) is 0 Å². The van der Waals surface area contributed by atoms with Crippen LogP contribution < -0.4 is 10.1 Å². The molecule has 1 aromatic carbocycles. The van der Waals surface area contributed by atoms with E-state index in [1.165, 1.54) is 17.9 Å². The standard InChI is InChI=1S/C17H25NO2S/c1-13(2)20-16-5-3-14(4-6-16)18-15-7-9-19-17(11-15)8-10-21-12-17/h3-6,13,15,18H,7-12H2,1-2H3. The van der Waals surface area contributed by atoms with Crippen molar-refractivity contribution >= 4 is 17.4 Å². The highest BCUT2D eigenvalue weighted by Crippen LogP contribution is 2.39. The lowest BCUT2D eigenvalue weighted by Gasteiger charge is -2.38. The van der Waals surface area contributed by atoms with Crippen molar-refractivity contribution in [1.29, 1.82) is 0 Å². The van der Waals surface area contributed by atoms with Crippen LogP contribution in [0.15, 0.2) is 24.3 Å². The maximum Gasteiger partial charge on any atom is 0.119 e. The zero-order valence-electron chi connectivity index (χ0n) is 12.9. The lowest BCUT2D eigenvalue weighted by molar-refractivity contribution is -0.0628. The van der Waals surface area contributed by atoms with Crippen LogP contribution in [0.1, 0.15) is 33.1 Å². The number of thioether (sulfide) groups is 1. The molecule has 0 aromatic heterocycles. The Morgan fingerprint density at radius 3 is 2.81 bits per heavy atom. The fraction of sp³-hybridized carbons (Fsp3) is 0.647. The molecule has 2 heterocycles. The van der Waals surface area contributed by atoms with Gasteiger partial charge >= 0.3 is 0 Å². The third-order valence-corrected chi connectivity index (χ3v) is 5.38. The van der Waals surface area contributed by atoms with Crippen molar-refractivity contribution in [3.63, 3.8) is 0 Å². The molecule has 0 radical (unpaired) electrons.